The van der Waals surface area contributed by atoms with Crippen molar-refractivity contribution in [2.45, 2.75) is 77.7 Å². The molecule has 0 N–H and O–H groups in total. The van der Waals surface area contributed by atoms with Gasteiger partial charge in [-0.15, -0.1) is 0 Å². The van der Waals surface area contributed by atoms with Gasteiger partial charge in [0.1, 0.15) is 17.2 Å². The van der Waals surface area contributed by atoms with Crippen molar-refractivity contribution in [2.75, 3.05) is 26.6 Å². The topological polar surface area (TPSA) is 98.8 Å². The third kappa shape index (κ3) is 9.24. The normalized spacial score (nSPS) is 19.1. The summed E-state index contributed by atoms with van der Waals surface area (Å²) in [4.78, 5) is 0.337. The lowest BCUT2D eigenvalue weighted by atomic mass is 9.96. The molecule has 8 rings (SSSR count). The molecule has 2 atom stereocenters. The Morgan fingerprint density at radius 3 is 1.77 bits per heavy atom. The zero-order chi connectivity index (χ0) is 41.6. The number of rotatable bonds is 15. The van der Waals surface area contributed by atoms with Crippen LogP contribution in [-0.2, 0) is 34.4 Å². The van der Waals surface area contributed by atoms with Gasteiger partial charge in [-0.2, -0.15) is 25.2 Å². The number of fused-ring (bicyclic) bond motifs is 3. The maximum absolute atomic E-state index is 14.5. The fourth-order valence-electron chi connectivity index (χ4n) is 7.50. The predicted molar refractivity (Wildman–Crippen MR) is 223 cm³/mol. The lowest BCUT2D eigenvalue weighted by Gasteiger charge is -2.40. The van der Waals surface area contributed by atoms with Gasteiger partial charge in [0.25, 0.3) is 0 Å². The van der Waals surface area contributed by atoms with Gasteiger partial charge in [-0.1, -0.05) is 66.7 Å². The number of ether oxygens (including phenoxy) is 6. The van der Waals surface area contributed by atoms with Crippen molar-refractivity contribution in [1.29, 1.82) is 0 Å². The monoisotopic (exact) mass is 862 g/mol. The highest BCUT2D eigenvalue weighted by molar-refractivity contribution is 8.33. The average molecular weight is 863 g/mol. The zero-order valence-corrected chi connectivity index (χ0v) is 34.3. The van der Waals surface area contributed by atoms with Gasteiger partial charge in [-0.05, 0) is 130 Å². The van der Waals surface area contributed by atoms with E-state index in [1.165, 1.54) is 30.3 Å². The predicted octanol–water partition coefficient (Wildman–Crippen LogP) is 11.5. The summed E-state index contributed by atoms with van der Waals surface area (Å²) in [7, 11) is -10.0. The molecule has 2 unspecified atom stereocenters. The number of para-hydroxylation sites is 1. The van der Waals surface area contributed by atoms with Crippen LogP contribution in [0.4, 0.5) is 13.2 Å². The number of alkyl halides is 3. The van der Waals surface area contributed by atoms with Gasteiger partial charge in [-0.3, -0.25) is 0 Å². The van der Waals surface area contributed by atoms with Crippen molar-refractivity contribution in [2.24, 2.45) is 0 Å². The molecule has 9 nitrogen and oxygen atoms in total. The largest absolute Gasteiger partial charge is 0.524 e. The van der Waals surface area contributed by atoms with Crippen molar-refractivity contribution in [1.82, 2.24) is 0 Å². The highest BCUT2D eigenvalue weighted by Crippen LogP contribution is 2.72. The lowest BCUT2D eigenvalue weighted by molar-refractivity contribution is -0.106. The quantitative estimate of drug-likeness (QED) is 0.0432. The van der Waals surface area contributed by atoms with Gasteiger partial charge in [-0.25, -0.2) is 0 Å². The minimum atomic E-state index is -6.23. The van der Waals surface area contributed by atoms with Crippen molar-refractivity contribution in [3.63, 3.8) is 0 Å². The molecule has 2 saturated heterocycles. The Kier molecular flexibility index (Phi) is 12.9. The second-order valence-electron chi connectivity index (χ2n) is 14.5. The molecule has 2 heterocycles. The van der Waals surface area contributed by atoms with Gasteiger partial charge in [0.15, 0.2) is 19.4 Å². The molecule has 0 radical (unpaired) electrons. The first-order valence-corrected chi connectivity index (χ1v) is 22.9. The van der Waals surface area contributed by atoms with E-state index in [1.54, 1.807) is 42.5 Å². The molecule has 6 aromatic rings. The molecule has 0 aliphatic carbocycles. The van der Waals surface area contributed by atoms with Crippen LogP contribution in [0.5, 0.6) is 17.2 Å². The van der Waals surface area contributed by atoms with Crippen LogP contribution in [0.1, 0.15) is 44.1 Å². The lowest BCUT2D eigenvalue weighted by Crippen LogP contribution is -2.28. The van der Waals surface area contributed by atoms with Gasteiger partial charge >= 0.3 is 15.6 Å². The molecule has 2 fully saturated rings. The van der Waals surface area contributed by atoms with E-state index in [0.29, 0.717) is 44.0 Å². The maximum atomic E-state index is 14.5. The van der Waals surface area contributed by atoms with Crippen LogP contribution in [0.2, 0.25) is 0 Å². The molecule has 60 heavy (non-hydrogen) atoms. The first-order chi connectivity index (χ1) is 29.1. The summed E-state index contributed by atoms with van der Waals surface area (Å²) in [6, 6.07) is 37.1. The minimum Gasteiger partial charge on any atom is -0.466 e. The zero-order valence-electron chi connectivity index (χ0n) is 32.7. The molecule has 0 aromatic heterocycles. The van der Waals surface area contributed by atoms with Crippen LogP contribution in [0.25, 0.3) is 21.5 Å². The van der Waals surface area contributed by atoms with Crippen LogP contribution in [0.3, 0.4) is 0 Å². The second kappa shape index (κ2) is 18.4. The molecule has 0 spiro atoms. The van der Waals surface area contributed by atoms with E-state index in [0.717, 1.165) is 52.8 Å². The Labute approximate surface area is 348 Å². The van der Waals surface area contributed by atoms with Crippen molar-refractivity contribution in [3.05, 3.63) is 133 Å². The average Bonchev–Trinajstić information content (AvgIpc) is 3.26. The Hall–Kier alpha value is -4.83. The number of hydrogen-bond donors (Lipinski definition) is 0. The van der Waals surface area contributed by atoms with Crippen molar-refractivity contribution >= 4 is 42.0 Å². The standard InChI is InChI=1S/C46H45F3O9S2/c47-46(48,49)60(50,51)58-59(37-23-19-35(20-24-37)56-44-17-7-9-28-53-44,38-25-21-36(22-26-38)57-45-18-8-10-29-54-45)43-16-6-5-15-42(43)55-32-52-30-27-34-31-33-11-1-2-12-39(33)41-14-4-3-13-40(34)41/h1-6,11-16,19-26,31,44-45H,7-10,17-18,27-30,32H2. The van der Waals surface area contributed by atoms with Gasteiger partial charge < -0.3 is 28.4 Å². The van der Waals surface area contributed by atoms with Gasteiger partial charge in [0.05, 0.1) is 24.7 Å². The molecule has 316 valence electrons. The van der Waals surface area contributed by atoms with Gasteiger partial charge in [0, 0.05) is 22.6 Å². The molecule has 6 aromatic carbocycles. The Balaban J connectivity index is 1.13. The smallest absolute Gasteiger partial charge is 0.466 e. The van der Waals surface area contributed by atoms with E-state index in [4.69, 9.17) is 32.1 Å². The minimum absolute atomic E-state index is 0.0653. The first kappa shape index (κ1) is 41.9. The Morgan fingerprint density at radius 1 is 0.633 bits per heavy atom. The number of benzene rings is 6. The SMILES string of the molecule is O=S(=O)(OS(c1ccc(OC2CCCCO2)cc1)(c1ccc(OC2CCCCO2)cc1)c1ccccc1OCOCCc1cc2ccccc2c2ccccc12)C(F)(F)F. The fourth-order valence-corrected chi connectivity index (χ4v) is 12.3. The van der Waals surface area contributed by atoms with Crippen molar-refractivity contribution in [3.8, 4) is 17.2 Å². The molecular weight excluding hydrogens is 818 g/mol. The highest BCUT2D eigenvalue weighted by Gasteiger charge is 2.53. The van der Waals surface area contributed by atoms with E-state index >= 15 is 0 Å². The Bertz CT molecular complexity index is 2420. The van der Waals surface area contributed by atoms with Gasteiger partial charge in [0.2, 0.25) is 0 Å². The van der Waals surface area contributed by atoms with Crippen LogP contribution >= 0.6 is 10.3 Å². The third-order valence-electron chi connectivity index (χ3n) is 10.4. The highest BCUT2D eigenvalue weighted by atomic mass is 32.3. The molecule has 0 bridgehead atoms. The molecule has 2 aliphatic rings. The van der Waals surface area contributed by atoms with E-state index < -0.39 is 38.5 Å². The van der Waals surface area contributed by atoms with Crippen molar-refractivity contribution < 1.29 is 53.6 Å². The van der Waals surface area contributed by atoms with Crippen LogP contribution < -0.4 is 14.2 Å². The van der Waals surface area contributed by atoms with E-state index in [2.05, 4.69) is 30.3 Å². The third-order valence-corrected chi connectivity index (χ3v) is 15.4. The summed E-state index contributed by atoms with van der Waals surface area (Å²) >= 11 is 0. The molecule has 2 aliphatic heterocycles. The van der Waals surface area contributed by atoms with Crippen LogP contribution in [0.15, 0.2) is 142 Å². The van der Waals surface area contributed by atoms with E-state index in [9.17, 15) is 21.6 Å². The maximum Gasteiger partial charge on any atom is 0.524 e. The summed E-state index contributed by atoms with van der Waals surface area (Å²) in [5, 5.41) is 4.49. The molecule has 14 heteroatoms. The summed E-state index contributed by atoms with van der Waals surface area (Å²) in [6.07, 6.45) is 4.61. The first-order valence-electron chi connectivity index (χ1n) is 19.9. The molecular formula is C46H45F3O9S2. The molecule has 0 saturated carbocycles. The summed E-state index contributed by atoms with van der Waals surface area (Å²) < 4.78 is 111. The van der Waals surface area contributed by atoms with Crippen LogP contribution in [0, 0.1) is 0 Å². The van der Waals surface area contributed by atoms with E-state index in [1.807, 2.05) is 24.3 Å². The molecule has 0 amide bonds. The summed E-state index contributed by atoms with van der Waals surface area (Å²) in [6.45, 7) is 1.07. The summed E-state index contributed by atoms with van der Waals surface area (Å²) in [5.74, 6) is 0.866. The van der Waals surface area contributed by atoms with Crippen LogP contribution in [-0.4, -0.2) is 53.1 Å². The Morgan fingerprint density at radius 2 is 1.18 bits per heavy atom. The summed E-state index contributed by atoms with van der Waals surface area (Å²) in [5.41, 5.74) is -4.66. The van der Waals surface area contributed by atoms with E-state index in [-0.39, 0.29) is 33.8 Å². The second-order valence-corrected chi connectivity index (χ2v) is 18.9. The number of hydrogen-bond acceptors (Lipinski definition) is 9. The number of halogens is 3. The fraction of sp³-hybridized carbons (Fsp3) is 0.304.